The van der Waals surface area contributed by atoms with E-state index in [4.69, 9.17) is 0 Å². The van der Waals surface area contributed by atoms with Gasteiger partial charge in [-0.15, -0.1) is 11.8 Å². The minimum atomic E-state index is -0.0161. The molecule has 0 spiro atoms. The van der Waals surface area contributed by atoms with E-state index in [0.717, 1.165) is 32.4 Å². The Hall–Kier alpha value is -2.30. The highest BCUT2D eigenvalue weighted by molar-refractivity contribution is 9.10. The summed E-state index contributed by atoms with van der Waals surface area (Å²) in [6.45, 7) is 2.02. The molecule has 0 atom stereocenters. The van der Waals surface area contributed by atoms with E-state index in [1.165, 1.54) is 10.5 Å². The van der Waals surface area contributed by atoms with Crippen molar-refractivity contribution < 1.29 is 0 Å². The zero-order chi connectivity index (χ0) is 18.8. The van der Waals surface area contributed by atoms with Crippen molar-refractivity contribution in [3.8, 4) is 5.69 Å². The standard InChI is InChI=1S/C23H18BrNOS/c1-16-13-19(24)8-10-21(16)25-22-11-9-20(14-18(22)7-12-23(25)26)27-15-17-5-3-2-4-6-17/h2-14H,15H2,1H3. The van der Waals surface area contributed by atoms with Gasteiger partial charge in [0.2, 0.25) is 0 Å². The summed E-state index contributed by atoms with van der Waals surface area (Å²) in [5.74, 6) is 0.928. The molecule has 0 saturated carbocycles. The van der Waals surface area contributed by atoms with Gasteiger partial charge in [0.25, 0.3) is 5.56 Å². The Morgan fingerprint density at radius 3 is 2.52 bits per heavy atom. The van der Waals surface area contributed by atoms with Gasteiger partial charge < -0.3 is 0 Å². The first kappa shape index (κ1) is 18.1. The first-order valence-corrected chi connectivity index (χ1v) is 10.5. The number of thioether (sulfide) groups is 1. The highest BCUT2D eigenvalue weighted by Crippen LogP contribution is 2.28. The minimum Gasteiger partial charge on any atom is -0.277 e. The molecule has 1 aromatic heterocycles. The van der Waals surface area contributed by atoms with Gasteiger partial charge in [0.15, 0.2) is 0 Å². The molecule has 27 heavy (non-hydrogen) atoms. The number of halogens is 1. The molecule has 3 aromatic carbocycles. The smallest absolute Gasteiger partial charge is 0.255 e. The van der Waals surface area contributed by atoms with Gasteiger partial charge in [0, 0.05) is 21.2 Å². The monoisotopic (exact) mass is 435 g/mol. The molecule has 4 rings (SSSR count). The van der Waals surface area contributed by atoms with Crippen LogP contribution in [0, 0.1) is 6.92 Å². The van der Waals surface area contributed by atoms with Gasteiger partial charge in [-0.3, -0.25) is 9.36 Å². The third-order valence-electron chi connectivity index (χ3n) is 4.51. The molecule has 0 amide bonds. The maximum absolute atomic E-state index is 12.6. The number of hydrogen-bond donors (Lipinski definition) is 0. The van der Waals surface area contributed by atoms with Crippen LogP contribution in [0.4, 0.5) is 0 Å². The Balaban J connectivity index is 1.73. The van der Waals surface area contributed by atoms with Crippen LogP contribution in [-0.2, 0) is 5.75 Å². The van der Waals surface area contributed by atoms with Crippen LogP contribution < -0.4 is 5.56 Å². The van der Waals surface area contributed by atoms with Crippen LogP contribution >= 0.6 is 27.7 Å². The number of pyridine rings is 1. The number of rotatable bonds is 4. The highest BCUT2D eigenvalue weighted by Gasteiger charge is 2.09. The number of aromatic nitrogens is 1. The van der Waals surface area contributed by atoms with Crippen LogP contribution in [0.1, 0.15) is 11.1 Å². The summed E-state index contributed by atoms with van der Waals surface area (Å²) in [7, 11) is 0. The molecular weight excluding hydrogens is 418 g/mol. The van der Waals surface area contributed by atoms with Gasteiger partial charge in [0.1, 0.15) is 0 Å². The first-order valence-electron chi connectivity index (χ1n) is 8.71. The molecule has 0 N–H and O–H groups in total. The lowest BCUT2D eigenvalue weighted by molar-refractivity contribution is 1.03. The molecule has 1 heterocycles. The van der Waals surface area contributed by atoms with Gasteiger partial charge in [-0.2, -0.15) is 0 Å². The summed E-state index contributed by atoms with van der Waals surface area (Å²) < 4.78 is 2.81. The fourth-order valence-electron chi connectivity index (χ4n) is 3.17. The van der Waals surface area contributed by atoms with Crippen LogP contribution in [0.5, 0.6) is 0 Å². The Labute approximate surface area is 171 Å². The second-order valence-electron chi connectivity index (χ2n) is 6.43. The third-order valence-corrected chi connectivity index (χ3v) is 6.07. The first-order chi connectivity index (χ1) is 13.1. The predicted molar refractivity (Wildman–Crippen MR) is 118 cm³/mol. The van der Waals surface area contributed by atoms with Crippen LogP contribution in [-0.4, -0.2) is 4.57 Å². The van der Waals surface area contributed by atoms with E-state index in [0.29, 0.717) is 0 Å². The van der Waals surface area contributed by atoms with Gasteiger partial charge in [-0.25, -0.2) is 0 Å². The molecule has 0 aliphatic rings. The van der Waals surface area contributed by atoms with Crippen molar-refractivity contribution >= 4 is 38.6 Å². The Morgan fingerprint density at radius 1 is 0.926 bits per heavy atom. The summed E-state index contributed by atoms with van der Waals surface area (Å²) >= 11 is 5.30. The molecule has 0 saturated heterocycles. The molecule has 0 fully saturated rings. The molecule has 4 heteroatoms. The second-order valence-corrected chi connectivity index (χ2v) is 8.40. The predicted octanol–water partition coefficient (Wildman–Crippen LogP) is 6.35. The molecule has 0 unspecified atom stereocenters. The fraction of sp³-hybridized carbons (Fsp3) is 0.0870. The molecule has 0 radical (unpaired) electrons. The third kappa shape index (κ3) is 3.87. The van der Waals surface area contributed by atoms with E-state index in [9.17, 15) is 4.79 Å². The minimum absolute atomic E-state index is 0.0161. The lowest BCUT2D eigenvalue weighted by Crippen LogP contribution is -2.18. The number of benzene rings is 3. The number of fused-ring (bicyclic) bond motifs is 1. The van der Waals surface area contributed by atoms with Crippen molar-refractivity contribution in [2.24, 2.45) is 0 Å². The Bertz CT molecular complexity index is 1170. The van der Waals surface area contributed by atoms with Crippen molar-refractivity contribution in [1.82, 2.24) is 4.57 Å². The van der Waals surface area contributed by atoms with Crippen LogP contribution in [0.15, 0.2) is 93.0 Å². The van der Waals surface area contributed by atoms with E-state index in [1.54, 1.807) is 22.4 Å². The van der Waals surface area contributed by atoms with Crippen LogP contribution in [0.2, 0.25) is 0 Å². The molecule has 0 aliphatic carbocycles. The Kier molecular flexibility index (Phi) is 5.19. The molecular formula is C23H18BrNOS. The maximum atomic E-state index is 12.6. The maximum Gasteiger partial charge on any atom is 0.255 e. The van der Waals surface area contributed by atoms with E-state index >= 15 is 0 Å². The molecule has 4 aromatic rings. The van der Waals surface area contributed by atoms with Crippen molar-refractivity contribution in [3.05, 3.63) is 105 Å². The second kappa shape index (κ2) is 7.75. The quantitative estimate of drug-likeness (QED) is 0.348. The van der Waals surface area contributed by atoms with Gasteiger partial charge in [-0.1, -0.05) is 46.3 Å². The van der Waals surface area contributed by atoms with Crippen molar-refractivity contribution in [3.63, 3.8) is 0 Å². The summed E-state index contributed by atoms with van der Waals surface area (Å²) in [6, 6.07) is 26.3. The topological polar surface area (TPSA) is 22.0 Å². The van der Waals surface area contributed by atoms with E-state index < -0.39 is 0 Å². The lowest BCUT2D eigenvalue weighted by Gasteiger charge is -2.14. The van der Waals surface area contributed by atoms with Gasteiger partial charge >= 0.3 is 0 Å². The average molecular weight is 436 g/mol. The summed E-state index contributed by atoms with van der Waals surface area (Å²) in [4.78, 5) is 13.8. The van der Waals surface area contributed by atoms with Crippen molar-refractivity contribution in [2.45, 2.75) is 17.6 Å². The van der Waals surface area contributed by atoms with Gasteiger partial charge in [0.05, 0.1) is 11.2 Å². The summed E-state index contributed by atoms with van der Waals surface area (Å²) in [5, 5.41) is 1.06. The van der Waals surface area contributed by atoms with Crippen LogP contribution in [0.3, 0.4) is 0 Å². The highest BCUT2D eigenvalue weighted by atomic mass is 79.9. The van der Waals surface area contributed by atoms with Crippen molar-refractivity contribution in [1.29, 1.82) is 0 Å². The molecule has 134 valence electrons. The zero-order valence-electron chi connectivity index (χ0n) is 14.9. The van der Waals surface area contributed by atoms with E-state index in [1.807, 2.05) is 43.3 Å². The van der Waals surface area contributed by atoms with Crippen LogP contribution in [0.25, 0.3) is 16.6 Å². The zero-order valence-corrected chi connectivity index (χ0v) is 17.3. The fourth-order valence-corrected chi connectivity index (χ4v) is 4.55. The molecule has 0 aliphatic heterocycles. The summed E-state index contributed by atoms with van der Waals surface area (Å²) in [6.07, 6.45) is 0. The number of hydrogen-bond acceptors (Lipinski definition) is 2. The normalized spacial score (nSPS) is 11.0. The lowest BCUT2D eigenvalue weighted by atomic mass is 10.1. The van der Waals surface area contributed by atoms with Crippen molar-refractivity contribution in [2.75, 3.05) is 0 Å². The average Bonchev–Trinajstić information content (AvgIpc) is 2.68. The number of aryl methyl sites for hydroxylation is 1. The molecule has 2 nitrogen and oxygen atoms in total. The van der Waals surface area contributed by atoms with Gasteiger partial charge in [-0.05, 0) is 65.9 Å². The van der Waals surface area contributed by atoms with E-state index in [-0.39, 0.29) is 5.56 Å². The number of nitrogens with zero attached hydrogens (tertiary/aromatic N) is 1. The summed E-state index contributed by atoms with van der Waals surface area (Å²) in [5.41, 5.74) is 4.19. The Morgan fingerprint density at radius 2 is 1.74 bits per heavy atom. The largest absolute Gasteiger partial charge is 0.277 e. The van der Waals surface area contributed by atoms with E-state index in [2.05, 4.69) is 52.3 Å². The SMILES string of the molecule is Cc1cc(Br)ccc1-n1c(=O)ccc2cc(SCc3ccccc3)ccc21. The molecule has 0 bridgehead atoms.